The van der Waals surface area contributed by atoms with Crippen LogP contribution >= 0.6 is 58.8 Å². The number of hydrogen-bond acceptors (Lipinski definition) is 17. The van der Waals surface area contributed by atoms with Crippen molar-refractivity contribution in [2.45, 2.75) is 0 Å². The van der Waals surface area contributed by atoms with E-state index in [1.54, 1.807) is 0 Å². The van der Waals surface area contributed by atoms with Crippen LogP contribution in [0, 0.1) is 0 Å². The molecule has 0 aliphatic carbocycles. The Morgan fingerprint density at radius 2 is 1.15 bits per heavy atom. The fraction of sp³-hybridized carbons (Fsp3) is 0.714. The molecule has 4 N–H and O–H groups in total. The summed E-state index contributed by atoms with van der Waals surface area (Å²) in [6.07, 6.45) is 1.09. The van der Waals surface area contributed by atoms with Crippen molar-refractivity contribution in [2.24, 2.45) is 9.98 Å². The summed E-state index contributed by atoms with van der Waals surface area (Å²) in [5.74, 6) is 1.58. The van der Waals surface area contributed by atoms with E-state index in [-0.39, 0.29) is 35.6 Å². The van der Waals surface area contributed by atoms with Crippen LogP contribution in [-0.4, -0.2) is 94.3 Å². The molecule has 33 heavy (non-hydrogen) atoms. The second kappa shape index (κ2) is 27.3. The zero-order valence-corrected chi connectivity index (χ0v) is 21.4. The van der Waals surface area contributed by atoms with Crippen LogP contribution in [0.4, 0.5) is 9.59 Å². The first-order chi connectivity index (χ1) is 16.2. The number of nitrogens with one attached hydrogen (secondary N) is 2. The molecule has 2 amide bonds. The van der Waals surface area contributed by atoms with Crippen LogP contribution in [0.2, 0.25) is 0 Å². The lowest BCUT2D eigenvalue weighted by molar-refractivity contribution is -0.196. The molecule has 0 saturated heterocycles. The molecule has 0 bridgehead atoms. The molecule has 0 saturated carbocycles. The summed E-state index contributed by atoms with van der Waals surface area (Å²) < 4.78 is 9.65. The average Bonchev–Trinajstić information content (AvgIpc) is 2.81. The molecule has 0 rings (SSSR count). The second-order valence-electron chi connectivity index (χ2n) is 4.52. The van der Waals surface area contributed by atoms with Gasteiger partial charge in [-0.3, -0.25) is 0 Å². The fourth-order valence-electron chi connectivity index (χ4n) is 1.12. The van der Waals surface area contributed by atoms with Gasteiger partial charge in [0, 0.05) is 0 Å². The molecule has 19 heteroatoms. The first-order valence-corrected chi connectivity index (χ1v) is 14.4. The van der Waals surface area contributed by atoms with Gasteiger partial charge in [-0.2, -0.15) is 9.78 Å². The number of rotatable bonds is 22. The molecule has 0 heterocycles. The van der Waals surface area contributed by atoms with E-state index in [1.165, 1.54) is 35.3 Å². The Labute approximate surface area is 211 Å². The van der Waals surface area contributed by atoms with E-state index in [4.69, 9.17) is 29.5 Å². The Morgan fingerprint density at radius 3 is 1.67 bits per heavy atom. The highest BCUT2D eigenvalue weighted by atomic mass is 32.2. The summed E-state index contributed by atoms with van der Waals surface area (Å²) >= 11 is 6.01. The van der Waals surface area contributed by atoms with Crippen molar-refractivity contribution >= 4 is 83.8 Å². The monoisotopic (exact) mass is 570 g/mol. The van der Waals surface area contributed by atoms with Gasteiger partial charge in [-0.05, 0) is 0 Å². The Kier molecular flexibility index (Phi) is 26.5. The quantitative estimate of drug-likeness (QED) is 0.0368. The zero-order valence-electron chi connectivity index (χ0n) is 17.3. The minimum Gasteiger partial charge on any atom is -0.438 e. The number of alkyl carbamates (subject to hydrolysis) is 2. The van der Waals surface area contributed by atoms with Gasteiger partial charge in [0.2, 0.25) is 12.8 Å². The van der Waals surface area contributed by atoms with Crippen molar-refractivity contribution in [2.75, 3.05) is 59.1 Å². The number of ether oxygens (including phenoxy) is 2. The molecule has 0 atom stereocenters. The minimum absolute atomic E-state index is 0.0547. The molecule has 0 aliphatic heterocycles. The summed E-state index contributed by atoms with van der Waals surface area (Å²) in [7, 11) is 0. The van der Waals surface area contributed by atoms with Crippen LogP contribution in [0.15, 0.2) is 9.98 Å². The van der Waals surface area contributed by atoms with E-state index in [9.17, 15) is 9.59 Å². The van der Waals surface area contributed by atoms with Gasteiger partial charge in [0.1, 0.15) is 23.8 Å². The number of carbonyl (C=O) groups excluding carboxylic acids is 2. The van der Waals surface area contributed by atoms with Crippen molar-refractivity contribution < 1.29 is 48.8 Å². The summed E-state index contributed by atoms with van der Waals surface area (Å²) in [6, 6.07) is 0. The molecule has 14 nitrogen and oxygen atoms in total. The van der Waals surface area contributed by atoms with Gasteiger partial charge in [0.15, 0.2) is 0 Å². The Hall–Kier alpha value is -0.930. The summed E-state index contributed by atoms with van der Waals surface area (Å²) in [6.45, 7) is 0. The van der Waals surface area contributed by atoms with Gasteiger partial charge >= 0.3 is 12.2 Å². The molecule has 0 aromatic heterocycles. The molecule has 0 aromatic carbocycles. The largest absolute Gasteiger partial charge is 0.438 e. The van der Waals surface area contributed by atoms with E-state index < -0.39 is 12.2 Å². The van der Waals surface area contributed by atoms with E-state index in [0.717, 1.165) is 36.3 Å². The van der Waals surface area contributed by atoms with Crippen molar-refractivity contribution in [1.29, 1.82) is 0 Å². The second-order valence-corrected chi connectivity index (χ2v) is 9.11. The molecular formula is C14H26N4O10S5. The number of aliphatic hydroxyl groups is 2. The third-order valence-electron chi connectivity index (χ3n) is 2.33. The molecule has 0 fully saturated rings. The lowest BCUT2D eigenvalue weighted by atomic mass is 11.1. The molecule has 0 aliphatic rings. The summed E-state index contributed by atoms with van der Waals surface area (Å²) in [5, 5.41) is 22.0. The third-order valence-corrected chi connectivity index (χ3v) is 5.15. The lowest BCUT2D eigenvalue weighted by Gasteiger charge is -2.05. The molecule has 0 radical (unpaired) electrons. The van der Waals surface area contributed by atoms with Crippen LogP contribution in [-0.2, 0) is 29.0 Å². The van der Waals surface area contributed by atoms with Crippen LogP contribution in [0.3, 0.4) is 0 Å². The van der Waals surface area contributed by atoms with Gasteiger partial charge in [-0.15, -0.1) is 35.3 Å². The number of aliphatic imine (C=N–C) groups is 2. The van der Waals surface area contributed by atoms with Crippen LogP contribution < -0.4 is 10.6 Å². The first kappa shape index (κ1) is 32.1. The van der Waals surface area contributed by atoms with Crippen molar-refractivity contribution in [1.82, 2.24) is 10.6 Å². The number of hydrogen-bond donors (Lipinski definition) is 4. The number of thioether (sulfide) groups is 5. The fourth-order valence-corrected chi connectivity index (χ4v) is 2.92. The molecule has 192 valence electrons. The van der Waals surface area contributed by atoms with Crippen molar-refractivity contribution in [3.8, 4) is 0 Å². The summed E-state index contributed by atoms with van der Waals surface area (Å²) in [5.41, 5.74) is 0. The maximum absolute atomic E-state index is 11.4. The topological polar surface area (TPSA) is 179 Å². The first-order valence-electron chi connectivity index (χ1n) is 8.65. The Bertz CT molecular complexity index is 539. The van der Waals surface area contributed by atoms with E-state index >= 15 is 0 Å². The normalized spacial score (nSPS) is 11.0. The van der Waals surface area contributed by atoms with Gasteiger partial charge < -0.3 is 40.1 Å². The number of nitrogens with zero attached hydrogens (tertiary/aromatic N) is 2. The Morgan fingerprint density at radius 1 is 0.697 bits per heavy atom. The standard InChI is InChI=1S/C14H26N4O10S5/c19-7-31-9-23-13(21)17-5-29-4-16-2-26-28-12-33-10-24-14(22)18-6-30-3-15-1-25-27-11-32-8-20/h1-2,19-20H,3-12H2,(H,17,21)(H,18,22)/b15-1+,16-2+. The molecule has 0 aromatic rings. The molecule has 0 unspecified atom stereocenters. The van der Waals surface area contributed by atoms with Crippen molar-refractivity contribution in [3.05, 3.63) is 0 Å². The number of amides is 2. The molecular weight excluding hydrogens is 545 g/mol. The lowest BCUT2D eigenvalue weighted by Crippen LogP contribution is -2.23. The predicted molar refractivity (Wildman–Crippen MR) is 132 cm³/mol. The van der Waals surface area contributed by atoms with Gasteiger partial charge in [0.25, 0.3) is 0 Å². The predicted octanol–water partition coefficient (Wildman–Crippen LogP) is 1.62. The Balaban J connectivity index is 3.33. The summed E-state index contributed by atoms with van der Waals surface area (Å²) in [4.78, 5) is 49.1. The molecule has 0 spiro atoms. The minimum atomic E-state index is -0.580. The van der Waals surface area contributed by atoms with Crippen molar-refractivity contribution in [3.63, 3.8) is 0 Å². The number of aliphatic hydroxyl groups excluding tert-OH is 2. The highest BCUT2D eigenvalue weighted by molar-refractivity contribution is 7.99. The smallest absolute Gasteiger partial charge is 0.408 e. The van der Waals surface area contributed by atoms with Crippen LogP contribution in [0.25, 0.3) is 0 Å². The maximum atomic E-state index is 11.4. The average molecular weight is 571 g/mol. The highest BCUT2D eigenvalue weighted by Crippen LogP contribution is 2.03. The van der Waals surface area contributed by atoms with Crippen LogP contribution in [0.1, 0.15) is 0 Å². The van der Waals surface area contributed by atoms with Gasteiger partial charge in [0.05, 0.1) is 35.4 Å². The van der Waals surface area contributed by atoms with Gasteiger partial charge in [-0.25, -0.2) is 19.6 Å². The SMILES string of the molecule is O=C(NCSC/N=C/OOCSCOC(=O)NCSC/N=C/OOCSCO)OCSCO. The van der Waals surface area contributed by atoms with E-state index in [1.807, 2.05) is 0 Å². The highest BCUT2D eigenvalue weighted by Gasteiger charge is 2.01. The van der Waals surface area contributed by atoms with E-state index in [2.05, 4.69) is 30.4 Å². The van der Waals surface area contributed by atoms with E-state index in [0.29, 0.717) is 23.5 Å². The van der Waals surface area contributed by atoms with Gasteiger partial charge in [-0.1, -0.05) is 23.5 Å². The maximum Gasteiger partial charge on any atom is 0.408 e. The number of carbonyl (C=O) groups is 2. The third kappa shape index (κ3) is 27.2. The van der Waals surface area contributed by atoms with Crippen LogP contribution in [0.5, 0.6) is 0 Å². The zero-order chi connectivity index (χ0) is 24.2.